The van der Waals surface area contributed by atoms with E-state index in [-0.39, 0.29) is 5.60 Å². The van der Waals surface area contributed by atoms with Gasteiger partial charge in [0, 0.05) is 13.2 Å². The number of hydrogen-bond donors (Lipinski definition) is 1. The molecule has 0 aliphatic rings. The molecule has 0 saturated heterocycles. The zero-order valence-electron chi connectivity index (χ0n) is 10.3. The number of methoxy groups -OCH3 is 1. The lowest BCUT2D eigenvalue weighted by atomic mass is 9.93. The van der Waals surface area contributed by atoms with Gasteiger partial charge in [-0.2, -0.15) is 0 Å². The molecule has 0 spiro atoms. The van der Waals surface area contributed by atoms with Crippen molar-refractivity contribution in [3.05, 3.63) is 12.2 Å². The Balaban J connectivity index is 4.29. The lowest BCUT2D eigenvalue weighted by Gasteiger charge is -2.34. The Hall–Kier alpha value is -0.340. The second-order valence-corrected chi connectivity index (χ2v) is 4.48. The van der Waals surface area contributed by atoms with Crippen LogP contribution in [-0.4, -0.2) is 25.3 Å². The molecule has 0 aromatic rings. The Bertz CT molecular complexity index is 175. The Morgan fingerprint density at radius 1 is 1.50 bits per heavy atom. The Labute approximate surface area is 88.7 Å². The minimum atomic E-state index is -0.131. The van der Waals surface area contributed by atoms with Crippen LogP contribution in [0.4, 0.5) is 0 Å². The second kappa shape index (κ2) is 6.20. The molecule has 14 heavy (non-hydrogen) atoms. The van der Waals surface area contributed by atoms with Gasteiger partial charge in [0.25, 0.3) is 0 Å². The molecule has 0 amide bonds. The van der Waals surface area contributed by atoms with Gasteiger partial charge in [0.2, 0.25) is 0 Å². The predicted octanol–water partition coefficient (Wildman–Crippen LogP) is 2.75. The molecule has 84 valence electrons. The fourth-order valence-electron chi connectivity index (χ4n) is 1.37. The highest BCUT2D eigenvalue weighted by Crippen LogP contribution is 2.19. The van der Waals surface area contributed by atoms with Crippen molar-refractivity contribution in [3.63, 3.8) is 0 Å². The molecule has 1 unspecified atom stereocenters. The minimum Gasteiger partial charge on any atom is -0.377 e. The van der Waals surface area contributed by atoms with Crippen molar-refractivity contribution in [2.75, 3.05) is 13.7 Å². The molecule has 0 aromatic carbocycles. The molecule has 0 heterocycles. The van der Waals surface area contributed by atoms with Crippen LogP contribution in [0.1, 0.15) is 40.5 Å². The van der Waals surface area contributed by atoms with E-state index in [1.807, 2.05) is 0 Å². The Kier molecular flexibility index (Phi) is 6.05. The summed E-state index contributed by atoms with van der Waals surface area (Å²) in [4.78, 5) is 0. The Morgan fingerprint density at radius 2 is 2.07 bits per heavy atom. The standard InChI is InChI=1S/C12H25NO/c1-7-8-13-11(9-10(2)3)12(4,5)14-6/h11,13H,2,7-9H2,1,3-6H3. The summed E-state index contributed by atoms with van der Waals surface area (Å²) >= 11 is 0. The van der Waals surface area contributed by atoms with Gasteiger partial charge in [0.1, 0.15) is 0 Å². The number of ether oxygens (including phenoxy) is 1. The van der Waals surface area contributed by atoms with E-state index in [2.05, 4.69) is 39.6 Å². The monoisotopic (exact) mass is 199 g/mol. The van der Waals surface area contributed by atoms with Crippen molar-refractivity contribution < 1.29 is 4.74 Å². The highest BCUT2D eigenvalue weighted by molar-refractivity contribution is 4.98. The lowest BCUT2D eigenvalue weighted by Crippen LogP contribution is -2.48. The molecule has 2 nitrogen and oxygen atoms in total. The summed E-state index contributed by atoms with van der Waals surface area (Å²) in [5.74, 6) is 0. The van der Waals surface area contributed by atoms with Crippen molar-refractivity contribution in [2.45, 2.75) is 52.2 Å². The van der Waals surface area contributed by atoms with Crippen LogP contribution in [0.3, 0.4) is 0 Å². The average molecular weight is 199 g/mol. The molecule has 0 aromatic heterocycles. The first-order valence-corrected chi connectivity index (χ1v) is 5.37. The molecule has 0 aliphatic heterocycles. The van der Waals surface area contributed by atoms with Crippen molar-refractivity contribution in [1.29, 1.82) is 0 Å². The number of nitrogens with one attached hydrogen (secondary N) is 1. The molecule has 1 atom stereocenters. The zero-order chi connectivity index (χ0) is 11.2. The SMILES string of the molecule is C=C(C)CC(NCCC)C(C)(C)OC. The normalized spacial score (nSPS) is 14.1. The molecule has 0 aliphatic carbocycles. The van der Waals surface area contributed by atoms with E-state index >= 15 is 0 Å². The molecule has 0 rings (SSSR count). The van der Waals surface area contributed by atoms with Crippen LogP contribution < -0.4 is 5.32 Å². The first kappa shape index (κ1) is 13.7. The first-order chi connectivity index (χ1) is 6.44. The third kappa shape index (κ3) is 4.77. The van der Waals surface area contributed by atoms with Gasteiger partial charge in [-0.05, 0) is 40.2 Å². The first-order valence-electron chi connectivity index (χ1n) is 5.37. The number of rotatable bonds is 7. The largest absolute Gasteiger partial charge is 0.377 e. The van der Waals surface area contributed by atoms with Crippen LogP contribution in [0.25, 0.3) is 0 Å². The van der Waals surface area contributed by atoms with Gasteiger partial charge >= 0.3 is 0 Å². The van der Waals surface area contributed by atoms with Crippen molar-refractivity contribution in [2.24, 2.45) is 0 Å². The average Bonchev–Trinajstić information content (AvgIpc) is 2.11. The van der Waals surface area contributed by atoms with E-state index in [9.17, 15) is 0 Å². The lowest BCUT2D eigenvalue weighted by molar-refractivity contribution is -0.00992. The van der Waals surface area contributed by atoms with E-state index in [0.717, 1.165) is 19.4 Å². The Morgan fingerprint density at radius 3 is 2.43 bits per heavy atom. The number of hydrogen-bond acceptors (Lipinski definition) is 2. The highest BCUT2D eigenvalue weighted by atomic mass is 16.5. The summed E-state index contributed by atoms with van der Waals surface area (Å²) in [7, 11) is 1.76. The summed E-state index contributed by atoms with van der Waals surface area (Å²) in [6.07, 6.45) is 2.12. The van der Waals surface area contributed by atoms with E-state index in [1.165, 1.54) is 5.57 Å². The zero-order valence-corrected chi connectivity index (χ0v) is 10.3. The summed E-state index contributed by atoms with van der Waals surface area (Å²) in [5.41, 5.74) is 1.07. The van der Waals surface area contributed by atoms with Gasteiger partial charge in [-0.3, -0.25) is 0 Å². The van der Waals surface area contributed by atoms with Crippen molar-refractivity contribution in [3.8, 4) is 0 Å². The maximum atomic E-state index is 5.49. The molecule has 0 fully saturated rings. The van der Waals surface area contributed by atoms with Gasteiger partial charge in [-0.25, -0.2) is 0 Å². The molecule has 1 N–H and O–H groups in total. The quantitative estimate of drug-likeness (QED) is 0.637. The van der Waals surface area contributed by atoms with Crippen LogP contribution in [0.15, 0.2) is 12.2 Å². The maximum Gasteiger partial charge on any atom is 0.0778 e. The molecule has 0 saturated carbocycles. The smallest absolute Gasteiger partial charge is 0.0778 e. The van der Waals surface area contributed by atoms with E-state index in [0.29, 0.717) is 6.04 Å². The second-order valence-electron chi connectivity index (χ2n) is 4.48. The molecule has 0 radical (unpaired) electrons. The van der Waals surface area contributed by atoms with E-state index in [4.69, 9.17) is 4.74 Å². The third-order valence-electron chi connectivity index (χ3n) is 2.56. The molecular weight excluding hydrogens is 174 g/mol. The summed E-state index contributed by atoms with van der Waals surface area (Å²) in [6.45, 7) is 13.4. The van der Waals surface area contributed by atoms with Crippen LogP contribution >= 0.6 is 0 Å². The van der Waals surface area contributed by atoms with E-state index in [1.54, 1.807) is 7.11 Å². The third-order valence-corrected chi connectivity index (χ3v) is 2.56. The van der Waals surface area contributed by atoms with Crippen LogP contribution in [0.2, 0.25) is 0 Å². The van der Waals surface area contributed by atoms with Crippen molar-refractivity contribution >= 4 is 0 Å². The predicted molar refractivity (Wildman–Crippen MR) is 62.6 cm³/mol. The summed E-state index contributed by atoms with van der Waals surface area (Å²) in [6, 6.07) is 0.352. The van der Waals surface area contributed by atoms with Crippen LogP contribution in [0.5, 0.6) is 0 Å². The van der Waals surface area contributed by atoms with Gasteiger partial charge in [-0.1, -0.05) is 12.5 Å². The molecular formula is C12H25NO. The molecule has 0 bridgehead atoms. The maximum absolute atomic E-state index is 5.49. The van der Waals surface area contributed by atoms with Gasteiger partial charge in [0.05, 0.1) is 5.60 Å². The van der Waals surface area contributed by atoms with Gasteiger partial charge in [-0.15, -0.1) is 6.58 Å². The summed E-state index contributed by atoms with van der Waals surface area (Å²) in [5, 5.41) is 3.51. The fraction of sp³-hybridized carbons (Fsp3) is 0.833. The fourth-order valence-corrected chi connectivity index (χ4v) is 1.37. The van der Waals surface area contributed by atoms with Gasteiger partial charge in [0.15, 0.2) is 0 Å². The minimum absolute atomic E-state index is 0.131. The van der Waals surface area contributed by atoms with Crippen molar-refractivity contribution in [1.82, 2.24) is 5.32 Å². The van der Waals surface area contributed by atoms with Crippen LogP contribution in [0, 0.1) is 0 Å². The summed E-state index contributed by atoms with van der Waals surface area (Å²) < 4.78 is 5.49. The van der Waals surface area contributed by atoms with Gasteiger partial charge < -0.3 is 10.1 Å². The molecule has 2 heteroatoms. The topological polar surface area (TPSA) is 21.3 Å². The van der Waals surface area contributed by atoms with E-state index < -0.39 is 0 Å². The van der Waals surface area contributed by atoms with Crippen LogP contribution in [-0.2, 0) is 4.74 Å². The highest BCUT2D eigenvalue weighted by Gasteiger charge is 2.28.